The first kappa shape index (κ1) is 12.8. The van der Waals surface area contributed by atoms with Gasteiger partial charge in [0.05, 0.1) is 6.10 Å². The second-order valence-corrected chi connectivity index (χ2v) is 4.66. The Bertz CT molecular complexity index is 425. The van der Waals surface area contributed by atoms with E-state index >= 15 is 0 Å². The number of hydrogen-bond donors (Lipinski definition) is 3. The Balaban J connectivity index is 1.95. The Morgan fingerprint density at radius 1 is 1.50 bits per heavy atom. The van der Waals surface area contributed by atoms with E-state index < -0.39 is 5.97 Å². The van der Waals surface area contributed by atoms with E-state index in [1.54, 1.807) is 0 Å². The lowest BCUT2D eigenvalue weighted by molar-refractivity contribution is 0.0696. The van der Waals surface area contributed by atoms with Gasteiger partial charge in [-0.25, -0.2) is 14.8 Å². The lowest BCUT2D eigenvalue weighted by Crippen LogP contribution is -2.25. The minimum atomic E-state index is -1.04. The molecule has 1 aliphatic carbocycles. The molecule has 2 rings (SSSR count). The van der Waals surface area contributed by atoms with Crippen LogP contribution in [-0.4, -0.2) is 38.8 Å². The van der Waals surface area contributed by atoms with Gasteiger partial charge in [0.2, 0.25) is 0 Å². The standard InChI is InChI=1S/C12H17N3O3/c16-9-3-1-2-8(4-9)5-14-11-10(12(17)18)6-13-7-15-11/h6-9,16H,1-5H2,(H,17,18)(H,13,14,15). The molecule has 0 spiro atoms. The van der Waals surface area contributed by atoms with Crippen LogP contribution in [0.3, 0.4) is 0 Å². The van der Waals surface area contributed by atoms with Crippen molar-refractivity contribution in [3.63, 3.8) is 0 Å². The minimum absolute atomic E-state index is 0.0776. The second kappa shape index (κ2) is 5.77. The zero-order valence-corrected chi connectivity index (χ0v) is 10.0. The van der Waals surface area contributed by atoms with Crippen LogP contribution < -0.4 is 5.32 Å². The SMILES string of the molecule is O=C(O)c1cncnc1NCC1CCCC(O)C1. The highest BCUT2D eigenvalue weighted by Gasteiger charge is 2.20. The van der Waals surface area contributed by atoms with E-state index in [4.69, 9.17) is 5.11 Å². The fourth-order valence-electron chi connectivity index (χ4n) is 2.32. The maximum absolute atomic E-state index is 11.0. The largest absolute Gasteiger partial charge is 0.477 e. The van der Waals surface area contributed by atoms with Crippen molar-refractivity contribution in [1.29, 1.82) is 0 Å². The molecule has 1 aromatic rings. The van der Waals surface area contributed by atoms with Crippen molar-refractivity contribution in [2.24, 2.45) is 5.92 Å². The molecule has 1 aliphatic rings. The fourth-order valence-corrected chi connectivity index (χ4v) is 2.32. The molecule has 0 aliphatic heterocycles. The molecule has 6 heteroatoms. The summed E-state index contributed by atoms with van der Waals surface area (Å²) in [4.78, 5) is 18.6. The fraction of sp³-hybridized carbons (Fsp3) is 0.583. The van der Waals surface area contributed by atoms with Gasteiger partial charge in [-0.15, -0.1) is 0 Å². The Hall–Kier alpha value is -1.69. The Kier molecular flexibility index (Phi) is 4.09. The molecule has 0 radical (unpaired) electrons. The van der Waals surface area contributed by atoms with Crippen molar-refractivity contribution >= 4 is 11.8 Å². The molecule has 1 aromatic heterocycles. The molecule has 0 bridgehead atoms. The predicted octanol–water partition coefficient (Wildman–Crippen LogP) is 1.14. The maximum atomic E-state index is 11.0. The van der Waals surface area contributed by atoms with Crippen LogP contribution in [0.5, 0.6) is 0 Å². The van der Waals surface area contributed by atoms with Crippen molar-refractivity contribution < 1.29 is 15.0 Å². The van der Waals surface area contributed by atoms with Crippen LogP contribution >= 0.6 is 0 Å². The molecular formula is C12H17N3O3. The summed E-state index contributed by atoms with van der Waals surface area (Å²) in [6.07, 6.45) is 6.08. The van der Waals surface area contributed by atoms with Crippen molar-refractivity contribution in [2.75, 3.05) is 11.9 Å². The normalized spacial score (nSPS) is 23.6. The van der Waals surface area contributed by atoms with Gasteiger partial charge < -0.3 is 15.5 Å². The Morgan fingerprint density at radius 2 is 2.33 bits per heavy atom. The highest BCUT2D eigenvalue weighted by molar-refractivity contribution is 5.92. The van der Waals surface area contributed by atoms with Gasteiger partial charge >= 0.3 is 5.97 Å². The third-order valence-corrected chi connectivity index (χ3v) is 3.26. The number of hydrogen-bond acceptors (Lipinski definition) is 5. The van der Waals surface area contributed by atoms with Crippen LogP contribution in [0.4, 0.5) is 5.82 Å². The maximum Gasteiger partial charge on any atom is 0.341 e. The first-order valence-corrected chi connectivity index (χ1v) is 6.12. The average Bonchev–Trinajstić information content (AvgIpc) is 2.37. The van der Waals surface area contributed by atoms with E-state index in [0.717, 1.165) is 25.7 Å². The van der Waals surface area contributed by atoms with Crippen LogP contribution in [0, 0.1) is 5.92 Å². The topological polar surface area (TPSA) is 95.3 Å². The summed E-state index contributed by atoms with van der Waals surface area (Å²) in [5.41, 5.74) is 0.0776. The van der Waals surface area contributed by atoms with Crippen LogP contribution in [0.2, 0.25) is 0 Å². The molecule has 0 aromatic carbocycles. The summed E-state index contributed by atoms with van der Waals surface area (Å²) in [5.74, 6) is -0.329. The van der Waals surface area contributed by atoms with Gasteiger partial charge in [0.15, 0.2) is 0 Å². The summed E-state index contributed by atoms with van der Waals surface area (Å²) in [5, 5.41) is 21.6. The first-order valence-electron chi connectivity index (χ1n) is 6.12. The molecule has 1 fully saturated rings. The van der Waals surface area contributed by atoms with E-state index in [-0.39, 0.29) is 11.7 Å². The summed E-state index contributed by atoms with van der Waals surface area (Å²) < 4.78 is 0. The molecule has 3 N–H and O–H groups in total. The van der Waals surface area contributed by atoms with Gasteiger partial charge in [-0.05, 0) is 25.2 Å². The highest BCUT2D eigenvalue weighted by Crippen LogP contribution is 2.24. The second-order valence-electron chi connectivity index (χ2n) is 4.66. The van der Waals surface area contributed by atoms with Gasteiger partial charge in [-0.1, -0.05) is 6.42 Å². The van der Waals surface area contributed by atoms with E-state index in [0.29, 0.717) is 18.3 Å². The molecule has 1 saturated carbocycles. The van der Waals surface area contributed by atoms with Gasteiger partial charge in [0.1, 0.15) is 17.7 Å². The van der Waals surface area contributed by atoms with Crippen LogP contribution in [-0.2, 0) is 0 Å². The number of aromatic carboxylic acids is 1. The molecule has 1 heterocycles. The van der Waals surface area contributed by atoms with Crippen LogP contribution in [0.25, 0.3) is 0 Å². The average molecular weight is 251 g/mol. The number of nitrogens with one attached hydrogen (secondary N) is 1. The zero-order chi connectivity index (χ0) is 13.0. The number of aromatic nitrogens is 2. The summed E-state index contributed by atoms with van der Waals surface area (Å²) in [6.45, 7) is 0.633. The van der Waals surface area contributed by atoms with E-state index in [1.807, 2.05) is 0 Å². The molecule has 18 heavy (non-hydrogen) atoms. The van der Waals surface area contributed by atoms with E-state index in [2.05, 4.69) is 15.3 Å². The Morgan fingerprint density at radius 3 is 3.06 bits per heavy atom. The number of anilines is 1. The van der Waals surface area contributed by atoms with Crippen molar-refractivity contribution in [2.45, 2.75) is 31.8 Å². The number of carboxylic acids is 1. The number of carboxylic acid groups (broad SMARTS) is 1. The molecule has 98 valence electrons. The lowest BCUT2D eigenvalue weighted by Gasteiger charge is -2.26. The smallest absolute Gasteiger partial charge is 0.341 e. The van der Waals surface area contributed by atoms with Gasteiger partial charge in [0, 0.05) is 12.7 Å². The monoisotopic (exact) mass is 251 g/mol. The molecule has 2 unspecified atom stereocenters. The summed E-state index contributed by atoms with van der Waals surface area (Å²) >= 11 is 0. The number of rotatable bonds is 4. The first-order chi connectivity index (χ1) is 8.66. The zero-order valence-electron chi connectivity index (χ0n) is 10.0. The van der Waals surface area contributed by atoms with Crippen LogP contribution in [0.15, 0.2) is 12.5 Å². The predicted molar refractivity (Wildman–Crippen MR) is 65.4 cm³/mol. The molecule has 6 nitrogen and oxygen atoms in total. The Labute approximate surface area is 105 Å². The van der Waals surface area contributed by atoms with Gasteiger partial charge in [-0.3, -0.25) is 0 Å². The summed E-state index contributed by atoms with van der Waals surface area (Å²) in [7, 11) is 0. The number of nitrogens with zero attached hydrogens (tertiary/aromatic N) is 2. The number of aliphatic hydroxyl groups is 1. The highest BCUT2D eigenvalue weighted by atomic mass is 16.4. The quantitative estimate of drug-likeness (QED) is 0.742. The van der Waals surface area contributed by atoms with Gasteiger partial charge in [0.25, 0.3) is 0 Å². The molecule has 0 amide bonds. The van der Waals surface area contributed by atoms with Crippen molar-refractivity contribution in [1.82, 2.24) is 9.97 Å². The lowest BCUT2D eigenvalue weighted by atomic mass is 9.87. The van der Waals surface area contributed by atoms with E-state index in [9.17, 15) is 9.90 Å². The van der Waals surface area contributed by atoms with Crippen molar-refractivity contribution in [3.05, 3.63) is 18.1 Å². The third-order valence-electron chi connectivity index (χ3n) is 3.26. The summed E-state index contributed by atoms with van der Waals surface area (Å²) in [6, 6.07) is 0. The minimum Gasteiger partial charge on any atom is -0.477 e. The van der Waals surface area contributed by atoms with E-state index in [1.165, 1.54) is 12.5 Å². The molecule has 2 atom stereocenters. The number of aliphatic hydroxyl groups excluding tert-OH is 1. The van der Waals surface area contributed by atoms with Gasteiger partial charge in [-0.2, -0.15) is 0 Å². The molecular weight excluding hydrogens is 234 g/mol. The molecule has 0 saturated heterocycles. The third kappa shape index (κ3) is 3.16. The number of carbonyl (C=O) groups is 1. The van der Waals surface area contributed by atoms with Crippen molar-refractivity contribution in [3.8, 4) is 0 Å². The van der Waals surface area contributed by atoms with Crippen LogP contribution in [0.1, 0.15) is 36.0 Å².